The minimum absolute atomic E-state index is 0.0775. The number of nitrogens with zero attached hydrogens (tertiary/aromatic N) is 1. The number of benzene rings is 1. The summed E-state index contributed by atoms with van der Waals surface area (Å²) in [4.78, 5) is 15.3. The Bertz CT molecular complexity index is 632. The number of carboxylic acid groups (broad SMARTS) is 1. The number of hydrogen-bond acceptors (Lipinski definition) is 5. The molecule has 0 atom stereocenters. The molecule has 0 radical (unpaired) electrons. The molecule has 0 bridgehead atoms. The van der Waals surface area contributed by atoms with Crippen molar-refractivity contribution >= 4 is 5.97 Å². The molecule has 2 rings (SSSR count). The van der Waals surface area contributed by atoms with E-state index in [4.69, 9.17) is 19.0 Å². The summed E-state index contributed by atoms with van der Waals surface area (Å²) >= 11 is 0. The monoisotopic (exact) mass is 277 g/mol. The first-order chi connectivity index (χ1) is 9.56. The molecule has 0 amide bonds. The molecule has 2 aromatic rings. The van der Waals surface area contributed by atoms with Crippen LogP contribution in [0.25, 0.3) is 11.5 Å². The maximum absolute atomic E-state index is 11.1. The van der Waals surface area contributed by atoms with Gasteiger partial charge in [0.1, 0.15) is 11.4 Å². The second-order valence-electron chi connectivity index (χ2n) is 4.22. The zero-order valence-electron chi connectivity index (χ0n) is 11.5. The maximum Gasteiger partial charge on any atom is 0.373 e. The molecular formula is C14H15NO5. The lowest BCUT2D eigenvalue weighted by Gasteiger charge is -2.05. The normalized spacial score (nSPS) is 10.6. The van der Waals surface area contributed by atoms with Crippen LogP contribution in [-0.2, 0) is 11.3 Å². The van der Waals surface area contributed by atoms with Crippen LogP contribution in [0.15, 0.2) is 22.6 Å². The summed E-state index contributed by atoms with van der Waals surface area (Å²) in [6, 6.07) is 5.41. The number of carbonyl (C=O) groups is 1. The summed E-state index contributed by atoms with van der Waals surface area (Å²) in [6.07, 6.45) is 0. The summed E-state index contributed by atoms with van der Waals surface area (Å²) in [7, 11) is 3.04. The van der Waals surface area contributed by atoms with Gasteiger partial charge in [-0.15, -0.1) is 0 Å². The molecule has 6 nitrogen and oxygen atoms in total. The van der Waals surface area contributed by atoms with Crippen molar-refractivity contribution in [2.24, 2.45) is 0 Å². The maximum atomic E-state index is 11.1. The van der Waals surface area contributed by atoms with Crippen LogP contribution in [0.1, 0.15) is 21.8 Å². The molecule has 6 heteroatoms. The summed E-state index contributed by atoms with van der Waals surface area (Å²) in [5.41, 5.74) is 1.88. The van der Waals surface area contributed by atoms with Crippen LogP contribution in [0, 0.1) is 6.92 Å². The summed E-state index contributed by atoms with van der Waals surface area (Å²) in [6.45, 7) is 1.99. The average Bonchev–Trinajstić information content (AvgIpc) is 2.84. The molecule has 0 spiro atoms. The van der Waals surface area contributed by atoms with Gasteiger partial charge in [-0.1, -0.05) is 6.07 Å². The van der Waals surface area contributed by atoms with Crippen molar-refractivity contribution in [3.05, 3.63) is 35.2 Å². The Morgan fingerprint density at radius 1 is 1.40 bits per heavy atom. The van der Waals surface area contributed by atoms with E-state index in [1.54, 1.807) is 19.2 Å². The van der Waals surface area contributed by atoms with E-state index < -0.39 is 5.97 Å². The third kappa shape index (κ3) is 2.65. The molecule has 20 heavy (non-hydrogen) atoms. The Balaban J connectivity index is 2.47. The van der Waals surface area contributed by atoms with Crippen LogP contribution >= 0.6 is 0 Å². The molecule has 1 aromatic carbocycles. The SMILES string of the molecule is COCc1nc(-c2ccc(C)c(OC)c2)oc1C(=O)O. The third-order valence-corrected chi connectivity index (χ3v) is 2.83. The predicted molar refractivity (Wildman–Crippen MR) is 70.9 cm³/mol. The van der Waals surface area contributed by atoms with Crippen LogP contribution in [-0.4, -0.2) is 30.3 Å². The molecule has 0 fully saturated rings. The highest BCUT2D eigenvalue weighted by atomic mass is 16.5. The zero-order chi connectivity index (χ0) is 14.7. The Kier molecular flexibility index (Phi) is 4.05. The minimum atomic E-state index is -1.17. The topological polar surface area (TPSA) is 81.8 Å². The van der Waals surface area contributed by atoms with Crippen LogP contribution in [0.5, 0.6) is 5.75 Å². The van der Waals surface area contributed by atoms with Gasteiger partial charge in [0.2, 0.25) is 11.7 Å². The summed E-state index contributed by atoms with van der Waals surface area (Å²) in [5, 5.41) is 9.08. The predicted octanol–water partition coefficient (Wildman–Crippen LogP) is 2.50. The Labute approximate surface area is 116 Å². The smallest absolute Gasteiger partial charge is 0.373 e. The van der Waals surface area contributed by atoms with E-state index in [0.717, 1.165) is 5.56 Å². The van der Waals surface area contributed by atoms with Crippen molar-refractivity contribution in [3.63, 3.8) is 0 Å². The van der Waals surface area contributed by atoms with Crippen molar-refractivity contribution < 1.29 is 23.8 Å². The molecule has 0 unspecified atom stereocenters. The van der Waals surface area contributed by atoms with Crippen LogP contribution in [0.4, 0.5) is 0 Å². The largest absolute Gasteiger partial charge is 0.496 e. The lowest BCUT2D eigenvalue weighted by molar-refractivity contribution is 0.0656. The zero-order valence-corrected chi connectivity index (χ0v) is 11.5. The molecule has 1 N–H and O–H groups in total. The molecule has 1 aromatic heterocycles. The number of hydrogen-bond donors (Lipinski definition) is 1. The number of aromatic carboxylic acids is 1. The molecule has 0 saturated carbocycles. The molecule has 0 aliphatic heterocycles. The third-order valence-electron chi connectivity index (χ3n) is 2.83. The first-order valence-corrected chi connectivity index (χ1v) is 5.93. The number of carboxylic acids is 1. The van der Waals surface area contributed by atoms with Gasteiger partial charge in [-0.05, 0) is 24.6 Å². The van der Waals surface area contributed by atoms with E-state index in [2.05, 4.69) is 4.98 Å². The van der Waals surface area contributed by atoms with Crippen LogP contribution < -0.4 is 4.74 Å². The molecule has 0 aliphatic carbocycles. The molecule has 1 heterocycles. The molecular weight excluding hydrogens is 262 g/mol. The summed E-state index contributed by atoms with van der Waals surface area (Å²) in [5.74, 6) is -0.463. The van der Waals surface area contributed by atoms with Gasteiger partial charge in [-0.2, -0.15) is 0 Å². The van der Waals surface area contributed by atoms with Crippen molar-refractivity contribution in [1.29, 1.82) is 0 Å². The van der Waals surface area contributed by atoms with Gasteiger partial charge in [-0.3, -0.25) is 0 Å². The number of ether oxygens (including phenoxy) is 2. The Morgan fingerprint density at radius 3 is 2.75 bits per heavy atom. The van der Waals surface area contributed by atoms with Gasteiger partial charge in [0, 0.05) is 12.7 Å². The highest BCUT2D eigenvalue weighted by Gasteiger charge is 2.20. The fourth-order valence-corrected chi connectivity index (χ4v) is 1.83. The number of aryl methyl sites for hydroxylation is 1. The first-order valence-electron chi connectivity index (χ1n) is 5.93. The van der Waals surface area contributed by atoms with E-state index >= 15 is 0 Å². The highest BCUT2D eigenvalue weighted by molar-refractivity contribution is 5.86. The van der Waals surface area contributed by atoms with Crippen molar-refractivity contribution in [1.82, 2.24) is 4.98 Å². The van der Waals surface area contributed by atoms with Gasteiger partial charge in [0.25, 0.3) is 0 Å². The number of methoxy groups -OCH3 is 2. The highest BCUT2D eigenvalue weighted by Crippen LogP contribution is 2.28. The fraction of sp³-hybridized carbons (Fsp3) is 0.286. The van der Waals surface area contributed by atoms with Crippen molar-refractivity contribution in [2.75, 3.05) is 14.2 Å². The van der Waals surface area contributed by atoms with Crippen LogP contribution in [0.3, 0.4) is 0 Å². The van der Waals surface area contributed by atoms with Crippen LogP contribution in [0.2, 0.25) is 0 Å². The van der Waals surface area contributed by atoms with Gasteiger partial charge in [-0.25, -0.2) is 9.78 Å². The second-order valence-corrected chi connectivity index (χ2v) is 4.22. The van der Waals surface area contributed by atoms with Crippen molar-refractivity contribution in [3.8, 4) is 17.2 Å². The van der Waals surface area contributed by atoms with E-state index in [1.807, 2.05) is 13.0 Å². The second kappa shape index (κ2) is 5.75. The van der Waals surface area contributed by atoms with Gasteiger partial charge >= 0.3 is 5.97 Å². The van der Waals surface area contributed by atoms with E-state index in [9.17, 15) is 4.79 Å². The standard InChI is InChI=1S/C14H15NO5/c1-8-4-5-9(6-11(8)19-3)13-15-10(7-18-2)12(20-13)14(16)17/h4-6H,7H2,1-3H3,(H,16,17). The number of rotatable bonds is 5. The van der Waals surface area contributed by atoms with E-state index in [0.29, 0.717) is 11.3 Å². The quantitative estimate of drug-likeness (QED) is 0.904. The molecule has 106 valence electrons. The van der Waals surface area contributed by atoms with Crippen molar-refractivity contribution in [2.45, 2.75) is 13.5 Å². The van der Waals surface area contributed by atoms with Gasteiger partial charge in [0.15, 0.2) is 0 Å². The molecule has 0 aliphatic rings. The Morgan fingerprint density at radius 2 is 2.15 bits per heavy atom. The fourth-order valence-electron chi connectivity index (χ4n) is 1.83. The number of aromatic nitrogens is 1. The Hall–Kier alpha value is -2.34. The lowest BCUT2D eigenvalue weighted by Crippen LogP contribution is -2.00. The summed E-state index contributed by atoms with van der Waals surface area (Å²) < 4.78 is 15.5. The minimum Gasteiger partial charge on any atom is -0.496 e. The van der Waals surface area contributed by atoms with E-state index in [-0.39, 0.29) is 24.0 Å². The molecule has 0 saturated heterocycles. The van der Waals surface area contributed by atoms with Gasteiger partial charge in [0.05, 0.1) is 13.7 Å². The van der Waals surface area contributed by atoms with E-state index in [1.165, 1.54) is 7.11 Å². The first kappa shape index (κ1) is 14.1. The average molecular weight is 277 g/mol. The number of oxazole rings is 1. The van der Waals surface area contributed by atoms with Gasteiger partial charge < -0.3 is 19.0 Å². The lowest BCUT2D eigenvalue weighted by atomic mass is 10.1.